The van der Waals surface area contributed by atoms with Gasteiger partial charge < -0.3 is 15.5 Å². The van der Waals surface area contributed by atoms with Gasteiger partial charge in [0.15, 0.2) is 0 Å². The van der Waals surface area contributed by atoms with Crippen molar-refractivity contribution in [2.75, 3.05) is 31.1 Å². The maximum atomic E-state index is 12.2. The molecular weight excluding hydrogens is 309 g/mol. The Morgan fingerprint density at radius 3 is 2.05 bits per heavy atom. The highest BCUT2D eigenvalue weighted by Crippen LogP contribution is 2.16. The van der Waals surface area contributed by atoms with Gasteiger partial charge in [-0.05, 0) is 18.1 Å². The number of halogens is 2. The van der Waals surface area contributed by atoms with E-state index in [1.807, 2.05) is 36.9 Å². The van der Waals surface area contributed by atoms with E-state index in [2.05, 4.69) is 17.0 Å². The Bertz CT molecular complexity index is 420. The van der Waals surface area contributed by atoms with Gasteiger partial charge in [-0.3, -0.25) is 4.79 Å². The van der Waals surface area contributed by atoms with Crippen molar-refractivity contribution in [1.29, 1.82) is 0 Å². The summed E-state index contributed by atoms with van der Waals surface area (Å²) in [6.07, 6.45) is 0. The number of benzene rings is 1. The number of nitrogens with two attached hydrogens (primary N) is 1. The molecule has 1 heterocycles. The summed E-state index contributed by atoms with van der Waals surface area (Å²) < 4.78 is 0. The first-order chi connectivity index (χ1) is 9.09. The lowest BCUT2D eigenvalue weighted by molar-refractivity contribution is -0.133. The van der Waals surface area contributed by atoms with E-state index in [4.69, 9.17) is 5.73 Å². The van der Waals surface area contributed by atoms with Gasteiger partial charge in [-0.15, -0.1) is 24.8 Å². The van der Waals surface area contributed by atoms with Gasteiger partial charge in [0.05, 0.1) is 6.04 Å². The molecule has 4 nitrogen and oxygen atoms in total. The normalized spacial score (nSPS) is 16.0. The molecule has 1 aromatic rings. The first-order valence-corrected chi connectivity index (χ1v) is 6.94. The third kappa shape index (κ3) is 5.06. The summed E-state index contributed by atoms with van der Waals surface area (Å²) in [5, 5.41) is 0. The molecule has 1 atom stereocenters. The van der Waals surface area contributed by atoms with Crippen LogP contribution in [-0.2, 0) is 4.79 Å². The van der Waals surface area contributed by atoms with E-state index in [0.717, 1.165) is 26.2 Å². The summed E-state index contributed by atoms with van der Waals surface area (Å²) in [7, 11) is 0. The molecular formula is C15H25Cl2N3O. The summed E-state index contributed by atoms with van der Waals surface area (Å²) in [5.41, 5.74) is 7.16. The number of nitrogens with zero attached hydrogens (tertiary/aromatic N) is 2. The number of rotatable bonds is 3. The van der Waals surface area contributed by atoms with E-state index in [1.165, 1.54) is 5.69 Å². The molecule has 2 N–H and O–H groups in total. The zero-order chi connectivity index (χ0) is 13.8. The standard InChI is InChI=1S/C15H23N3O.2ClH/c1-12(2)14(16)15(19)18-10-8-17(9-11-18)13-6-4-3-5-7-13;;/h3-7,12,14H,8-11,16H2,1-2H3;2*1H/t14-;;/m1../s1. The third-order valence-electron chi connectivity index (χ3n) is 3.72. The van der Waals surface area contributed by atoms with Gasteiger partial charge in [-0.25, -0.2) is 0 Å². The molecule has 2 rings (SSSR count). The lowest BCUT2D eigenvalue weighted by atomic mass is 10.0. The number of carbonyl (C=O) groups excluding carboxylic acids is 1. The number of carbonyl (C=O) groups is 1. The van der Waals surface area contributed by atoms with Crippen LogP contribution in [-0.4, -0.2) is 43.0 Å². The Labute approximate surface area is 139 Å². The van der Waals surface area contributed by atoms with Crippen molar-refractivity contribution < 1.29 is 4.79 Å². The van der Waals surface area contributed by atoms with E-state index in [-0.39, 0.29) is 42.7 Å². The van der Waals surface area contributed by atoms with Crippen molar-refractivity contribution in [3.05, 3.63) is 30.3 Å². The fourth-order valence-electron chi connectivity index (χ4n) is 2.32. The first kappa shape index (κ1) is 20.0. The van der Waals surface area contributed by atoms with Crippen molar-refractivity contribution in [2.45, 2.75) is 19.9 Å². The van der Waals surface area contributed by atoms with Crippen molar-refractivity contribution in [3.8, 4) is 0 Å². The lowest BCUT2D eigenvalue weighted by Gasteiger charge is -2.37. The average Bonchev–Trinajstić information content (AvgIpc) is 2.46. The van der Waals surface area contributed by atoms with Gasteiger partial charge in [0.2, 0.25) is 5.91 Å². The molecule has 1 aliphatic rings. The summed E-state index contributed by atoms with van der Waals surface area (Å²) >= 11 is 0. The van der Waals surface area contributed by atoms with Crippen molar-refractivity contribution in [2.24, 2.45) is 11.7 Å². The fourth-order valence-corrected chi connectivity index (χ4v) is 2.32. The van der Waals surface area contributed by atoms with Crippen LogP contribution in [0.4, 0.5) is 5.69 Å². The van der Waals surface area contributed by atoms with Gasteiger partial charge >= 0.3 is 0 Å². The van der Waals surface area contributed by atoms with E-state index >= 15 is 0 Å². The maximum absolute atomic E-state index is 12.2. The highest BCUT2D eigenvalue weighted by atomic mass is 35.5. The SMILES string of the molecule is CC(C)[C@@H](N)C(=O)N1CCN(c2ccccc2)CC1.Cl.Cl. The number of amides is 1. The quantitative estimate of drug-likeness (QED) is 0.922. The van der Waals surface area contributed by atoms with Gasteiger partial charge in [0, 0.05) is 31.9 Å². The van der Waals surface area contributed by atoms with Crippen LogP contribution in [0.2, 0.25) is 0 Å². The highest BCUT2D eigenvalue weighted by Gasteiger charge is 2.26. The first-order valence-electron chi connectivity index (χ1n) is 6.94. The number of piperazine rings is 1. The summed E-state index contributed by atoms with van der Waals surface area (Å²) in [5.74, 6) is 0.280. The van der Waals surface area contributed by atoms with E-state index in [1.54, 1.807) is 0 Å². The largest absolute Gasteiger partial charge is 0.368 e. The molecule has 120 valence electrons. The number of para-hydroxylation sites is 1. The van der Waals surface area contributed by atoms with Gasteiger partial charge in [-0.1, -0.05) is 32.0 Å². The maximum Gasteiger partial charge on any atom is 0.239 e. The van der Waals surface area contributed by atoms with Crippen LogP contribution in [0.3, 0.4) is 0 Å². The zero-order valence-corrected chi connectivity index (χ0v) is 14.2. The Kier molecular flexibility index (Phi) is 8.71. The van der Waals surface area contributed by atoms with Crippen LogP contribution in [0.5, 0.6) is 0 Å². The fraction of sp³-hybridized carbons (Fsp3) is 0.533. The Morgan fingerprint density at radius 2 is 1.57 bits per heavy atom. The molecule has 0 radical (unpaired) electrons. The number of hydrogen-bond acceptors (Lipinski definition) is 3. The molecule has 0 spiro atoms. The van der Waals surface area contributed by atoms with Crippen molar-refractivity contribution in [1.82, 2.24) is 4.90 Å². The van der Waals surface area contributed by atoms with Crippen LogP contribution < -0.4 is 10.6 Å². The molecule has 0 unspecified atom stereocenters. The molecule has 0 aliphatic carbocycles. The minimum Gasteiger partial charge on any atom is -0.368 e. The molecule has 1 aromatic carbocycles. The van der Waals surface area contributed by atoms with Gasteiger partial charge in [-0.2, -0.15) is 0 Å². The van der Waals surface area contributed by atoms with Crippen LogP contribution in [0.15, 0.2) is 30.3 Å². The summed E-state index contributed by atoms with van der Waals surface area (Å²) in [6.45, 7) is 7.25. The molecule has 0 aromatic heterocycles. The Balaban J connectivity index is 0.00000200. The van der Waals surface area contributed by atoms with Gasteiger partial charge in [0.1, 0.15) is 0 Å². The third-order valence-corrected chi connectivity index (χ3v) is 3.72. The van der Waals surface area contributed by atoms with E-state index < -0.39 is 0 Å². The summed E-state index contributed by atoms with van der Waals surface area (Å²) in [6, 6.07) is 9.95. The number of hydrogen-bond donors (Lipinski definition) is 1. The minimum absolute atomic E-state index is 0. The second kappa shape index (κ2) is 9.13. The minimum atomic E-state index is -0.372. The van der Waals surface area contributed by atoms with Crippen molar-refractivity contribution >= 4 is 36.4 Å². The molecule has 1 aliphatic heterocycles. The molecule has 1 saturated heterocycles. The van der Waals surface area contributed by atoms with Gasteiger partial charge in [0.25, 0.3) is 0 Å². The predicted octanol–water partition coefficient (Wildman–Crippen LogP) is 2.16. The highest BCUT2D eigenvalue weighted by molar-refractivity contribution is 5.85. The zero-order valence-electron chi connectivity index (χ0n) is 12.6. The summed E-state index contributed by atoms with van der Waals surface area (Å²) in [4.78, 5) is 16.4. The Hall–Kier alpha value is -0.970. The molecule has 1 fully saturated rings. The number of anilines is 1. The molecule has 0 saturated carbocycles. The second-order valence-electron chi connectivity index (χ2n) is 5.42. The van der Waals surface area contributed by atoms with Crippen LogP contribution in [0.1, 0.15) is 13.8 Å². The van der Waals surface area contributed by atoms with E-state index in [9.17, 15) is 4.79 Å². The lowest BCUT2D eigenvalue weighted by Crippen LogP contribution is -2.54. The average molecular weight is 334 g/mol. The molecule has 21 heavy (non-hydrogen) atoms. The Morgan fingerprint density at radius 1 is 1.05 bits per heavy atom. The smallest absolute Gasteiger partial charge is 0.239 e. The predicted molar refractivity (Wildman–Crippen MR) is 92.5 cm³/mol. The second-order valence-corrected chi connectivity index (χ2v) is 5.42. The van der Waals surface area contributed by atoms with Crippen LogP contribution in [0.25, 0.3) is 0 Å². The van der Waals surface area contributed by atoms with Crippen LogP contribution in [0, 0.1) is 5.92 Å². The monoisotopic (exact) mass is 333 g/mol. The topological polar surface area (TPSA) is 49.6 Å². The van der Waals surface area contributed by atoms with Crippen LogP contribution >= 0.6 is 24.8 Å². The van der Waals surface area contributed by atoms with Crippen molar-refractivity contribution in [3.63, 3.8) is 0 Å². The van der Waals surface area contributed by atoms with E-state index in [0.29, 0.717) is 0 Å². The molecule has 0 bridgehead atoms. The molecule has 6 heteroatoms. The molecule has 1 amide bonds.